The molecule has 1 fully saturated rings. The highest BCUT2D eigenvalue weighted by atomic mass is 32.1. The summed E-state index contributed by atoms with van der Waals surface area (Å²) in [7, 11) is 3.92. The van der Waals surface area contributed by atoms with E-state index in [1.165, 1.54) is 10.8 Å². The fraction of sp³-hybridized carbons (Fsp3) is 0.346. The fourth-order valence-corrected chi connectivity index (χ4v) is 4.96. The Morgan fingerprint density at radius 3 is 2.61 bits per heavy atom. The number of aromatic nitrogens is 1. The SMILES string of the molecule is CN(C)c1ccc(/C=c2/s/c(=C(/C#N)C(=O)NCCN3CCOCC3)n(Cc3ccco3)c2=O)cc1. The summed E-state index contributed by atoms with van der Waals surface area (Å²) in [4.78, 5) is 30.6. The summed E-state index contributed by atoms with van der Waals surface area (Å²) in [5.41, 5.74) is 1.53. The first-order valence-corrected chi connectivity index (χ1v) is 12.5. The Labute approximate surface area is 213 Å². The number of hydrogen-bond donors (Lipinski definition) is 1. The number of benzene rings is 1. The van der Waals surface area contributed by atoms with Gasteiger partial charge < -0.3 is 19.4 Å². The normalized spacial score (nSPS) is 15.4. The van der Waals surface area contributed by atoms with Gasteiger partial charge in [0, 0.05) is 46.0 Å². The van der Waals surface area contributed by atoms with E-state index in [1.807, 2.05) is 49.3 Å². The first kappa shape index (κ1) is 25.4. The molecule has 4 rings (SSSR count). The molecule has 0 unspecified atom stereocenters. The second-order valence-corrected chi connectivity index (χ2v) is 9.60. The van der Waals surface area contributed by atoms with Gasteiger partial charge in [-0.25, -0.2) is 0 Å². The van der Waals surface area contributed by atoms with Crippen LogP contribution < -0.4 is 25.0 Å². The number of rotatable bonds is 8. The lowest BCUT2D eigenvalue weighted by Gasteiger charge is -2.26. The van der Waals surface area contributed by atoms with Gasteiger partial charge >= 0.3 is 0 Å². The zero-order valence-electron chi connectivity index (χ0n) is 20.4. The lowest BCUT2D eigenvalue weighted by molar-refractivity contribution is -0.115. The topological polar surface area (TPSA) is 104 Å². The highest BCUT2D eigenvalue weighted by molar-refractivity contribution is 7.07. The molecular formula is C26H29N5O4S. The van der Waals surface area contributed by atoms with Crippen LogP contribution in [0.3, 0.4) is 0 Å². The van der Waals surface area contributed by atoms with Gasteiger partial charge in [0.2, 0.25) is 0 Å². The molecule has 1 aliphatic rings. The van der Waals surface area contributed by atoms with Crippen molar-refractivity contribution in [3.05, 3.63) is 73.5 Å². The zero-order chi connectivity index (χ0) is 25.5. The number of anilines is 1. The molecule has 1 aliphatic heterocycles. The van der Waals surface area contributed by atoms with Crippen molar-refractivity contribution in [3.63, 3.8) is 0 Å². The standard InChI is InChI=1S/C26H29N5O4S/c1-29(2)20-7-5-19(6-8-20)16-23-25(33)31(18-21-4-3-13-35-21)26(36-23)22(17-27)24(32)28-9-10-30-11-14-34-15-12-30/h3-8,13,16H,9-12,14-15,18H2,1-2H3,(H,28,32)/b23-16+,26-22-. The van der Waals surface area contributed by atoms with Crippen molar-refractivity contribution in [3.8, 4) is 6.07 Å². The predicted molar refractivity (Wildman–Crippen MR) is 139 cm³/mol. The minimum absolute atomic E-state index is 0.0896. The van der Waals surface area contributed by atoms with Crippen molar-refractivity contribution in [2.75, 3.05) is 58.4 Å². The molecule has 10 heteroatoms. The van der Waals surface area contributed by atoms with Gasteiger partial charge in [-0.05, 0) is 35.9 Å². The van der Waals surface area contributed by atoms with Gasteiger partial charge in [0.1, 0.15) is 16.5 Å². The minimum atomic E-state index is -0.498. The van der Waals surface area contributed by atoms with Crippen LogP contribution in [0.4, 0.5) is 5.69 Å². The molecule has 0 saturated carbocycles. The van der Waals surface area contributed by atoms with Crippen molar-refractivity contribution >= 4 is 34.6 Å². The number of nitriles is 1. The summed E-state index contributed by atoms with van der Waals surface area (Å²) in [6.45, 7) is 4.16. The van der Waals surface area contributed by atoms with Crippen LogP contribution in [-0.4, -0.2) is 68.9 Å². The Kier molecular flexibility index (Phi) is 8.38. The second-order valence-electron chi connectivity index (χ2n) is 8.57. The van der Waals surface area contributed by atoms with Gasteiger partial charge in [0.15, 0.2) is 5.57 Å². The van der Waals surface area contributed by atoms with E-state index in [4.69, 9.17) is 9.15 Å². The number of amides is 1. The molecule has 0 atom stereocenters. The van der Waals surface area contributed by atoms with E-state index in [-0.39, 0.29) is 17.7 Å². The van der Waals surface area contributed by atoms with E-state index in [0.717, 1.165) is 35.7 Å². The van der Waals surface area contributed by atoms with Gasteiger partial charge in [-0.1, -0.05) is 12.1 Å². The van der Waals surface area contributed by atoms with Crippen LogP contribution in [0.25, 0.3) is 11.6 Å². The van der Waals surface area contributed by atoms with Gasteiger partial charge in [-0.3, -0.25) is 19.1 Å². The highest BCUT2D eigenvalue weighted by Crippen LogP contribution is 2.12. The molecule has 3 aromatic rings. The average molecular weight is 508 g/mol. The third-order valence-corrected chi connectivity index (χ3v) is 7.01. The number of hydrogen-bond acceptors (Lipinski definition) is 8. The van der Waals surface area contributed by atoms with E-state index in [9.17, 15) is 14.9 Å². The largest absolute Gasteiger partial charge is 0.467 e. The number of morpholine rings is 1. The molecule has 0 aliphatic carbocycles. The lowest BCUT2D eigenvalue weighted by atomic mass is 10.2. The number of thiazole rings is 1. The average Bonchev–Trinajstić information content (AvgIpc) is 3.50. The van der Waals surface area contributed by atoms with Gasteiger partial charge in [-0.2, -0.15) is 5.26 Å². The number of ether oxygens (including phenoxy) is 1. The van der Waals surface area contributed by atoms with Gasteiger partial charge in [0.05, 0.1) is 30.6 Å². The molecule has 0 bridgehead atoms. The van der Waals surface area contributed by atoms with Crippen molar-refractivity contribution in [2.45, 2.75) is 6.54 Å². The fourth-order valence-electron chi connectivity index (χ4n) is 3.86. The van der Waals surface area contributed by atoms with Crippen LogP contribution in [0, 0.1) is 11.3 Å². The summed E-state index contributed by atoms with van der Waals surface area (Å²) >= 11 is 1.13. The molecule has 1 amide bonds. The number of carbonyl (C=O) groups is 1. The van der Waals surface area contributed by atoms with E-state index >= 15 is 0 Å². The third-order valence-electron chi connectivity index (χ3n) is 5.88. The number of carbonyl (C=O) groups excluding carboxylic acids is 1. The summed E-state index contributed by atoms with van der Waals surface area (Å²) in [5, 5.41) is 12.7. The summed E-state index contributed by atoms with van der Waals surface area (Å²) < 4.78 is 13.0. The maximum atomic E-state index is 13.4. The van der Waals surface area contributed by atoms with Crippen LogP contribution in [0.5, 0.6) is 0 Å². The molecule has 0 radical (unpaired) electrons. The van der Waals surface area contributed by atoms with Crippen LogP contribution in [0.2, 0.25) is 0 Å². The molecule has 2 aromatic heterocycles. The Morgan fingerprint density at radius 2 is 1.97 bits per heavy atom. The molecule has 36 heavy (non-hydrogen) atoms. The first-order chi connectivity index (χ1) is 17.5. The van der Waals surface area contributed by atoms with Crippen molar-refractivity contribution in [1.29, 1.82) is 5.26 Å². The number of nitrogens with zero attached hydrogens (tertiary/aromatic N) is 4. The lowest BCUT2D eigenvalue weighted by Crippen LogP contribution is -2.42. The maximum absolute atomic E-state index is 13.4. The van der Waals surface area contributed by atoms with E-state index in [2.05, 4.69) is 10.2 Å². The van der Waals surface area contributed by atoms with Crippen molar-refractivity contribution < 1.29 is 13.9 Å². The van der Waals surface area contributed by atoms with Crippen LogP contribution in [-0.2, 0) is 16.1 Å². The smallest absolute Gasteiger partial charge is 0.269 e. The molecule has 1 N–H and O–H groups in total. The molecule has 1 aromatic carbocycles. The van der Waals surface area contributed by atoms with Crippen molar-refractivity contribution in [1.82, 2.24) is 14.8 Å². The van der Waals surface area contributed by atoms with Gasteiger partial charge in [0.25, 0.3) is 11.5 Å². The monoisotopic (exact) mass is 507 g/mol. The van der Waals surface area contributed by atoms with E-state index in [1.54, 1.807) is 18.2 Å². The van der Waals surface area contributed by atoms with Crippen molar-refractivity contribution in [2.24, 2.45) is 0 Å². The highest BCUT2D eigenvalue weighted by Gasteiger charge is 2.17. The molecule has 188 valence electrons. The second kappa shape index (κ2) is 11.9. The molecule has 0 spiro atoms. The van der Waals surface area contributed by atoms with Gasteiger partial charge in [-0.15, -0.1) is 11.3 Å². The molecule has 3 heterocycles. The van der Waals surface area contributed by atoms with E-state index in [0.29, 0.717) is 41.3 Å². The first-order valence-electron chi connectivity index (χ1n) is 11.7. The zero-order valence-corrected chi connectivity index (χ0v) is 21.2. The molecule has 1 saturated heterocycles. The summed E-state index contributed by atoms with van der Waals surface area (Å²) in [6.07, 6.45) is 3.30. The third kappa shape index (κ3) is 6.12. The van der Waals surface area contributed by atoms with E-state index < -0.39 is 5.91 Å². The predicted octanol–water partition coefficient (Wildman–Crippen LogP) is 0.569. The number of furan rings is 1. The quantitative estimate of drug-likeness (QED) is 0.475. The molecule has 9 nitrogen and oxygen atoms in total. The Morgan fingerprint density at radius 1 is 1.22 bits per heavy atom. The Balaban J connectivity index is 1.69. The summed E-state index contributed by atoms with van der Waals surface area (Å²) in [6, 6.07) is 13.3. The maximum Gasteiger partial charge on any atom is 0.269 e. The summed E-state index contributed by atoms with van der Waals surface area (Å²) in [5.74, 6) is 0.0603. The van der Waals surface area contributed by atoms with Crippen LogP contribution in [0.15, 0.2) is 51.9 Å². The Hall–Kier alpha value is -3.65. The number of nitrogens with one attached hydrogen (secondary N) is 1. The van der Waals surface area contributed by atoms with Crippen LogP contribution in [0.1, 0.15) is 11.3 Å². The minimum Gasteiger partial charge on any atom is -0.467 e. The Bertz CT molecular complexity index is 1390. The molecular weight excluding hydrogens is 478 g/mol. The van der Waals surface area contributed by atoms with Crippen LogP contribution >= 0.6 is 11.3 Å².